The molecule has 3 aromatic carbocycles. The number of aryl methyl sites for hydroxylation is 2. The van der Waals surface area contributed by atoms with E-state index < -0.39 is 0 Å². The van der Waals surface area contributed by atoms with Crippen LogP contribution in [0.1, 0.15) is 47.6 Å². The average Bonchev–Trinajstić information content (AvgIpc) is 2.72. The maximum absolute atomic E-state index is 5.24. The van der Waals surface area contributed by atoms with E-state index in [1.165, 1.54) is 33.4 Å². The molecule has 0 heterocycles. The highest BCUT2D eigenvalue weighted by atomic mass is 16.6. The molecule has 0 radical (unpaired) electrons. The summed E-state index contributed by atoms with van der Waals surface area (Å²) in [5.41, 5.74) is 8.90. The molecule has 0 aliphatic carbocycles. The third-order valence-corrected chi connectivity index (χ3v) is 4.96. The van der Waals surface area contributed by atoms with Crippen molar-refractivity contribution >= 4 is 6.21 Å². The van der Waals surface area contributed by atoms with E-state index in [1.54, 1.807) is 6.21 Å². The molecule has 0 spiro atoms. The van der Waals surface area contributed by atoms with E-state index in [0.717, 1.165) is 24.8 Å². The van der Waals surface area contributed by atoms with Crippen molar-refractivity contribution in [2.45, 2.75) is 40.0 Å². The Morgan fingerprint density at radius 1 is 0.857 bits per heavy atom. The monoisotopic (exact) mass is 371 g/mol. The number of benzene rings is 3. The number of hydrogen-bond acceptors (Lipinski definition) is 2. The first kappa shape index (κ1) is 19.9. The molecule has 0 bridgehead atoms. The van der Waals surface area contributed by atoms with Crippen molar-refractivity contribution < 1.29 is 4.84 Å². The molecule has 0 saturated carbocycles. The molecular formula is C26H29NO. The Hall–Kier alpha value is -2.87. The van der Waals surface area contributed by atoms with E-state index in [1.807, 2.05) is 0 Å². The van der Waals surface area contributed by atoms with E-state index in [2.05, 4.69) is 92.7 Å². The normalized spacial score (nSPS) is 11.1. The second-order valence-corrected chi connectivity index (χ2v) is 7.35. The first-order valence-electron chi connectivity index (χ1n) is 10.1. The molecule has 0 N–H and O–H groups in total. The summed E-state index contributed by atoms with van der Waals surface area (Å²) in [6.45, 7) is 7.15. The van der Waals surface area contributed by atoms with Crippen LogP contribution in [0, 0.1) is 13.8 Å². The second-order valence-electron chi connectivity index (χ2n) is 7.35. The van der Waals surface area contributed by atoms with E-state index in [9.17, 15) is 0 Å². The summed E-state index contributed by atoms with van der Waals surface area (Å²) in [6.07, 6.45) is 4.90. The number of rotatable bonds is 8. The van der Waals surface area contributed by atoms with Crippen molar-refractivity contribution in [1.82, 2.24) is 0 Å². The Labute approximate surface area is 168 Å². The van der Waals surface area contributed by atoms with Gasteiger partial charge in [-0.1, -0.05) is 90.8 Å². The zero-order chi connectivity index (χ0) is 19.8. The third kappa shape index (κ3) is 5.56. The maximum Gasteiger partial charge on any atom is 0.117 e. The molecular weight excluding hydrogens is 342 g/mol. The maximum atomic E-state index is 5.24. The second kappa shape index (κ2) is 9.89. The minimum atomic E-state index is 0.680. The van der Waals surface area contributed by atoms with Crippen LogP contribution >= 0.6 is 0 Å². The van der Waals surface area contributed by atoms with Gasteiger partial charge in [-0.15, -0.1) is 0 Å². The topological polar surface area (TPSA) is 21.6 Å². The van der Waals surface area contributed by atoms with E-state index in [0.29, 0.717) is 6.61 Å². The summed E-state index contributed by atoms with van der Waals surface area (Å²) < 4.78 is 0. The molecule has 2 heteroatoms. The Bertz CT molecular complexity index is 908. The van der Waals surface area contributed by atoms with Crippen molar-refractivity contribution in [2.24, 2.45) is 5.16 Å². The molecule has 0 saturated heterocycles. The zero-order valence-electron chi connectivity index (χ0n) is 17.1. The molecule has 0 amide bonds. The van der Waals surface area contributed by atoms with Crippen LogP contribution in [0.3, 0.4) is 0 Å². The molecule has 0 atom stereocenters. The number of hydrogen-bond donors (Lipinski definition) is 0. The van der Waals surface area contributed by atoms with Crippen molar-refractivity contribution in [3.63, 3.8) is 0 Å². The standard InChI is InChI=1S/C26H29NO/c1-4-5-16-28-27-19-23-10-14-25(15-11-23)24-12-8-22(9-13-24)18-26-17-20(2)6-7-21(26)3/h6-15,17,19H,4-5,16,18H2,1-3H3/b27-19+. The van der Waals surface area contributed by atoms with E-state index in [-0.39, 0.29) is 0 Å². The summed E-state index contributed by atoms with van der Waals surface area (Å²) in [7, 11) is 0. The van der Waals surface area contributed by atoms with Gasteiger partial charge in [0.1, 0.15) is 6.61 Å². The molecule has 0 aliphatic rings. The summed E-state index contributed by atoms with van der Waals surface area (Å²) >= 11 is 0. The lowest BCUT2D eigenvalue weighted by Crippen LogP contribution is -1.93. The summed E-state index contributed by atoms with van der Waals surface area (Å²) in [4.78, 5) is 5.24. The number of nitrogens with zero attached hydrogens (tertiary/aromatic N) is 1. The smallest absolute Gasteiger partial charge is 0.117 e. The molecule has 0 aromatic heterocycles. The van der Waals surface area contributed by atoms with Crippen LogP contribution < -0.4 is 0 Å². The molecule has 3 rings (SSSR count). The fourth-order valence-electron chi connectivity index (χ4n) is 3.15. The first-order chi connectivity index (χ1) is 13.7. The van der Waals surface area contributed by atoms with Crippen LogP contribution in [0.5, 0.6) is 0 Å². The van der Waals surface area contributed by atoms with Gasteiger partial charge in [-0.25, -0.2) is 0 Å². The van der Waals surface area contributed by atoms with Crippen LogP contribution in [0.25, 0.3) is 11.1 Å². The Kier molecular flexibility index (Phi) is 7.02. The van der Waals surface area contributed by atoms with Gasteiger partial charge in [-0.3, -0.25) is 0 Å². The van der Waals surface area contributed by atoms with Crippen LogP contribution in [-0.4, -0.2) is 12.8 Å². The Balaban J connectivity index is 1.64. The molecule has 0 aliphatic heterocycles. The van der Waals surface area contributed by atoms with Gasteiger partial charge in [-0.2, -0.15) is 0 Å². The summed E-state index contributed by atoms with van der Waals surface area (Å²) in [6, 6.07) is 24.0. The fourth-order valence-corrected chi connectivity index (χ4v) is 3.15. The lowest BCUT2D eigenvalue weighted by Gasteiger charge is -2.09. The Morgan fingerprint density at radius 3 is 2.21 bits per heavy atom. The van der Waals surface area contributed by atoms with Gasteiger partial charge < -0.3 is 4.84 Å². The minimum absolute atomic E-state index is 0.680. The summed E-state index contributed by atoms with van der Waals surface area (Å²) in [5, 5.41) is 4.02. The predicted octanol–water partition coefficient (Wildman–Crippen LogP) is 6.71. The van der Waals surface area contributed by atoms with Gasteiger partial charge >= 0.3 is 0 Å². The van der Waals surface area contributed by atoms with Gasteiger partial charge in [0.2, 0.25) is 0 Å². The van der Waals surface area contributed by atoms with Crippen LogP contribution in [-0.2, 0) is 11.3 Å². The SMILES string of the molecule is CCCCO/N=C/c1ccc(-c2ccc(Cc3cc(C)ccc3C)cc2)cc1. The third-order valence-electron chi connectivity index (χ3n) is 4.96. The van der Waals surface area contributed by atoms with Crippen LogP contribution in [0.15, 0.2) is 71.9 Å². The quantitative estimate of drug-likeness (QED) is 0.245. The molecule has 28 heavy (non-hydrogen) atoms. The molecule has 144 valence electrons. The highest BCUT2D eigenvalue weighted by Gasteiger charge is 2.03. The fraction of sp³-hybridized carbons (Fsp3) is 0.269. The van der Waals surface area contributed by atoms with Crippen LogP contribution in [0.2, 0.25) is 0 Å². The highest BCUT2D eigenvalue weighted by Crippen LogP contribution is 2.22. The van der Waals surface area contributed by atoms with Gasteiger partial charge in [0.15, 0.2) is 0 Å². The van der Waals surface area contributed by atoms with Crippen molar-refractivity contribution in [3.05, 3.63) is 94.5 Å². The van der Waals surface area contributed by atoms with Gasteiger partial charge in [0, 0.05) is 0 Å². The summed E-state index contributed by atoms with van der Waals surface area (Å²) in [5.74, 6) is 0. The van der Waals surface area contributed by atoms with Gasteiger partial charge in [-0.05, 0) is 60.1 Å². The van der Waals surface area contributed by atoms with Crippen molar-refractivity contribution in [1.29, 1.82) is 0 Å². The highest BCUT2D eigenvalue weighted by molar-refractivity contribution is 5.80. The van der Waals surface area contributed by atoms with Gasteiger partial charge in [0.25, 0.3) is 0 Å². The number of oxime groups is 1. The Morgan fingerprint density at radius 2 is 1.54 bits per heavy atom. The average molecular weight is 372 g/mol. The lowest BCUT2D eigenvalue weighted by molar-refractivity contribution is 0.143. The van der Waals surface area contributed by atoms with E-state index in [4.69, 9.17) is 4.84 Å². The van der Waals surface area contributed by atoms with E-state index >= 15 is 0 Å². The van der Waals surface area contributed by atoms with Crippen molar-refractivity contribution in [2.75, 3.05) is 6.61 Å². The molecule has 0 unspecified atom stereocenters. The largest absolute Gasteiger partial charge is 0.396 e. The first-order valence-corrected chi connectivity index (χ1v) is 10.1. The number of unbranched alkanes of at least 4 members (excludes halogenated alkanes) is 1. The van der Waals surface area contributed by atoms with Crippen molar-refractivity contribution in [3.8, 4) is 11.1 Å². The molecule has 2 nitrogen and oxygen atoms in total. The van der Waals surface area contributed by atoms with Gasteiger partial charge in [0.05, 0.1) is 6.21 Å². The zero-order valence-corrected chi connectivity index (χ0v) is 17.1. The lowest BCUT2D eigenvalue weighted by atomic mass is 9.97. The van der Waals surface area contributed by atoms with Crippen LogP contribution in [0.4, 0.5) is 0 Å². The molecule has 3 aromatic rings. The molecule has 0 fully saturated rings. The minimum Gasteiger partial charge on any atom is -0.396 e. The predicted molar refractivity (Wildman–Crippen MR) is 119 cm³/mol.